The molecule has 0 unspecified atom stereocenters. The van der Waals surface area contributed by atoms with Crippen molar-refractivity contribution in [3.63, 3.8) is 0 Å². The summed E-state index contributed by atoms with van der Waals surface area (Å²) in [5.41, 5.74) is 1.08. The number of hydrogen-bond donors (Lipinski definition) is 1. The van der Waals surface area contributed by atoms with Gasteiger partial charge in [-0.2, -0.15) is 0 Å². The van der Waals surface area contributed by atoms with E-state index in [1.54, 1.807) is 31.4 Å². The molecule has 32 heavy (non-hydrogen) atoms. The quantitative estimate of drug-likeness (QED) is 0.244. The van der Waals surface area contributed by atoms with E-state index in [0.29, 0.717) is 50.4 Å². The summed E-state index contributed by atoms with van der Waals surface area (Å²) in [5, 5.41) is 13.6. The van der Waals surface area contributed by atoms with Crippen LogP contribution in [0.15, 0.2) is 64.7 Å². The summed E-state index contributed by atoms with van der Waals surface area (Å²) in [6.07, 6.45) is 1.73. The molecule has 7 nitrogen and oxygen atoms in total. The van der Waals surface area contributed by atoms with E-state index in [1.165, 1.54) is 11.8 Å². The summed E-state index contributed by atoms with van der Waals surface area (Å²) < 4.78 is 13.2. The molecule has 0 bridgehead atoms. The normalized spacial score (nSPS) is 11.0. The fraction of sp³-hybridized carbons (Fsp3) is 0.136. The summed E-state index contributed by atoms with van der Waals surface area (Å²) >= 11 is 13.3. The van der Waals surface area contributed by atoms with E-state index in [-0.39, 0.29) is 11.7 Å². The number of allylic oxidation sites excluding steroid dienone is 1. The highest BCUT2D eigenvalue weighted by atomic mass is 35.5. The Kier molecular flexibility index (Phi) is 6.74. The molecule has 2 aromatic heterocycles. The molecule has 0 radical (unpaired) electrons. The van der Waals surface area contributed by atoms with Crippen LogP contribution in [0.3, 0.4) is 0 Å². The maximum absolute atomic E-state index is 12.4. The third kappa shape index (κ3) is 4.62. The Balaban J connectivity index is 1.55. The van der Waals surface area contributed by atoms with E-state index in [9.17, 15) is 4.79 Å². The molecule has 164 valence electrons. The number of aromatic nitrogens is 3. The summed E-state index contributed by atoms with van der Waals surface area (Å²) in [6.45, 7) is 4.25. The highest BCUT2D eigenvalue weighted by molar-refractivity contribution is 7.99. The Morgan fingerprint density at radius 2 is 2.12 bits per heavy atom. The van der Waals surface area contributed by atoms with Crippen molar-refractivity contribution in [1.82, 2.24) is 14.8 Å². The number of anilines is 1. The molecule has 2 aromatic carbocycles. The number of thioether (sulfide) groups is 1. The van der Waals surface area contributed by atoms with Crippen LogP contribution in [0, 0.1) is 0 Å². The summed E-state index contributed by atoms with van der Waals surface area (Å²) in [6, 6.07) is 12.4. The zero-order chi connectivity index (χ0) is 22.7. The number of ether oxygens (including phenoxy) is 1. The fourth-order valence-corrected chi connectivity index (χ4v) is 4.17. The maximum Gasteiger partial charge on any atom is 0.234 e. The first-order valence-corrected chi connectivity index (χ1v) is 11.2. The second-order valence-electron chi connectivity index (χ2n) is 6.66. The Morgan fingerprint density at radius 3 is 2.91 bits per heavy atom. The van der Waals surface area contributed by atoms with E-state index in [2.05, 4.69) is 22.1 Å². The highest BCUT2D eigenvalue weighted by Crippen LogP contribution is 2.34. The largest absolute Gasteiger partial charge is 0.493 e. The zero-order valence-electron chi connectivity index (χ0n) is 17.0. The van der Waals surface area contributed by atoms with Gasteiger partial charge in [-0.3, -0.25) is 9.36 Å². The molecule has 4 rings (SSSR count). The molecule has 0 aliphatic carbocycles. The van der Waals surface area contributed by atoms with Crippen molar-refractivity contribution in [3.05, 3.63) is 65.2 Å². The molecule has 0 atom stereocenters. The van der Waals surface area contributed by atoms with Crippen molar-refractivity contribution in [2.45, 2.75) is 11.7 Å². The Morgan fingerprint density at radius 1 is 1.28 bits per heavy atom. The lowest BCUT2D eigenvalue weighted by molar-refractivity contribution is -0.113. The number of nitrogens with zero attached hydrogens (tertiary/aromatic N) is 3. The Labute approximate surface area is 198 Å². The number of benzene rings is 2. The van der Waals surface area contributed by atoms with Crippen LogP contribution < -0.4 is 10.1 Å². The Bertz CT molecular complexity index is 1300. The van der Waals surface area contributed by atoms with Crippen LogP contribution in [-0.4, -0.2) is 33.5 Å². The van der Waals surface area contributed by atoms with Gasteiger partial charge in [-0.15, -0.1) is 16.8 Å². The van der Waals surface area contributed by atoms with Gasteiger partial charge in [0.1, 0.15) is 0 Å². The van der Waals surface area contributed by atoms with Gasteiger partial charge in [0.25, 0.3) is 0 Å². The average molecular weight is 489 g/mol. The maximum atomic E-state index is 12.4. The zero-order valence-corrected chi connectivity index (χ0v) is 19.3. The third-order valence-electron chi connectivity index (χ3n) is 4.51. The summed E-state index contributed by atoms with van der Waals surface area (Å²) in [5.74, 6) is 1.56. The first-order valence-electron chi connectivity index (χ1n) is 9.49. The van der Waals surface area contributed by atoms with Gasteiger partial charge in [-0.05, 0) is 30.3 Å². The SMILES string of the molecule is C=CCn1c(SCC(=O)Nc2cc(Cl)ccc2Cl)nnc1-c1cc2cccc(OC)c2o1. The number of furan rings is 1. The van der Waals surface area contributed by atoms with Crippen LogP contribution in [0.25, 0.3) is 22.6 Å². The van der Waals surface area contributed by atoms with Crippen LogP contribution in [0.4, 0.5) is 5.69 Å². The van der Waals surface area contributed by atoms with Crippen LogP contribution >= 0.6 is 35.0 Å². The molecular formula is C22H18Cl2N4O3S. The number of methoxy groups -OCH3 is 1. The number of para-hydroxylation sites is 1. The smallest absolute Gasteiger partial charge is 0.234 e. The van der Waals surface area contributed by atoms with E-state index in [0.717, 1.165) is 5.39 Å². The van der Waals surface area contributed by atoms with Gasteiger partial charge in [0.15, 0.2) is 22.2 Å². The molecular weight excluding hydrogens is 471 g/mol. The number of carbonyl (C=O) groups excluding carboxylic acids is 1. The van der Waals surface area contributed by atoms with Gasteiger partial charge in [0.05, 0.1) is 23.6 Å². The van der Waals surface area contributed by atoms with Crippen LogP contribution in [-0.2, 0) is 11.3 Å². The van der Waals surface area contributed by atoms with Gasteiger partial charge in [0.2, 0.25) is 11.7 Å². The lowest BCUT2D eigenvalue weighted by Gasteiger charge is -2.08. The third-order valence-corrected chi connectivity index (χ3v) is 6.04. The van der Waals surface area contributed by atoms with Crippen LogP contribution in [0.5, 0.6) is 5.75 Å². The van der Waals surface area contributed by atoms with Gasteiger partial charge < -0.3 is 14.5 Å². The number of halogens is 2. The monoisotopic (exact) mass is 488 g/mol. The number of carbonyl (C=O) groups is 1. The van der Waals surface area contributed by atoms with Gasteiger partial charge in [-0.1, -0.05) is 53.2 Å². The number of amides is 1. The van der Waals surface area contributed by atoms with Crippen LogP contribution in [0.2, 0.25) is 10.0 Å². The molecule has 1 amide bonds. The van der Waals surface area contributed by atoms with Crippen molar-refractivity contribution >= 4 is 57.5 Å². The molecule has 1 N–H and O–H groups in total. The molecule has 2 heterocycles. The van der Waals surface area contributed by atoms with Gasteiger partial charge >= 0.3 is 0 Å². The van der Waals surface area contributed by atoms with Crippen molar-refractivity contribution in [3.8, 4) is 17.3 Å². The van der Waals surface area contributed by atoms with E-state index < -0.39 is 0 Å². The molecule has 0 aliphatic rings. The fourth-order valence-electron chi connectivity index (χ4n) is 3.09. The van der Waals surface area contributed by atoms with Crippen LogP contribution in [0.1, 0.15) is 0 Å². The first-order chi connectivity index (χ1) is 15.5. The topological polar surface area (TPSA) is 82.2 Å². The predicted octanol–water partition coefficient (Wildman–Crippen LogP) is 5.92. The molecule has 10 heteroatoms. The number of fused-ring (bicyclic) bond motifs is 1. The highest BCUT2D eigenvalue weighted by Gasteiger charge is 2.19. The molecule has 0 fully saturated rings. The number of hydrogen-bond acceptors (Lipinski definition) is 6. The number of nitrogens with one attached hydrogen (secondary N) is 1. The van der Waals surface area contributed by atoms with Gasteiger partial charge in [0, 0.05) is 17.0 Å². The lowest BCUT2D eigenvalue weighted by atomic mass is 10.2. The molecule has 0 saturated heterocycles. The van der Waals surface area contributed by atoms with Crippen molar-refractivity contribution < 1.29 is 13.9 Å². The van der Waals surface area contributed by atoms with Gasteiger partial charge in [-0.25, -0.2) is 0 Å². The van der Waals surface area contributed by atoms with Crippen molar-refractivity contribution in [2.75, 3.05) is 18.2 Å². The second-order valence-corrected chi connectivity index (χ2v) is 8.44. The van der Waals surface area contributed by atoms with E-state index >= 15 is 0 Å². The van der Waals surface area contributed by atoms with E-state index in [4.69, 9.17) is 32.4 Å². The molecule has 0 saturated carbocycles. The second kappa shape index (κ2) is 9.68. The first kappa shape index (κ1) is 22.3. The molecule has 0 spiro atoms. The summed E-state index contributed by atoms with van der Waals surface area (Å²) in [4.78, 5) is 12.4. The lowest BCUT2D eigenvalue weighted by Crippen LogP contribution is -2.15. The number of rotatable bonds is 8. The van der Waals surface area contributed by atoms with Crippen molar-refractivity contribution in [2.24, 2.45) is 0 Å². The minimum atomic E-state index is -0.248. The predicted molar refractivity (Wildman–Crippen MR) is 128 cm³/mol. The Hall–Kier alpha value is -2.94. The van der Waals surface area contributed by atoms with E-state index in [1.807, 2.05) is 28.8 Å². The minimum Gasteiger partial charge on any atom is -0.493 e. The molecule has 4 aromatic rings. The standard InChI is InChI=1S/C22H18Cl2N4O3S/c1-3-9-28-21(18-10-13-5-4-6-17(30-2)20(13)31-18)26-27-22(28)32-12-19(29)25-16-11-14(23)7-8-15(16)24/h3-8,10-11H,1,9,12H2,2H3,(H,25,29). The van der Waals surface area contributed by atoms with Crippen molar-refractivity contribution in [1.29, 1.82) is 0 Å². The average Bonchev–Trinajstić information content (AvgIpc) is 3.38. The minimum absolute atomic E-state index is 0.103. The molecule has 0 aliphatic heterocycles. The summed E-state index contributed by atoms with van der Waals surface area (Å²) in [7, 11) is 1.59.